The maximum Gasteiger partial charge on any atom is 0.460 e. The zero-order valence-electron chi connectivity index (χ0n) is 18.3. The average Bonchev–Trinajstić information content (AvgIpc) is 2.73. The molecule has 202 valence electrons. The molecule has 0 bridgehead atoms. The second-order valence-electron chi connectivity index (χ2n) is 9.60. The Balaban J connectivity index is 2.14. The van der Waals surface area contributed by atoms with Crippen molar-refractivity contribution in [2.24, 2.45) is 23.7 Å². The monoisotopic (exact) mass is 526 g/mol. The fraction of sp³-hybridized carbons (Fsp3) is 1.00. The van der Waals surface area contributed by atoms with Crippen LogP contribution in [0.25, 0.3) is 0 Å². The highest BCUT2D eigenvalue weighted by atomic mass is 19.4. The molecule has 34 heavy (non-hydrogen) atoms. The van der Waals surface area contributed by atoms with Crippen molar-refractivity contribution in [2.75, 3.05) is 0 Å². The van der Waals surface area contributed by atoms with Crippen LogP contribution in [0.2, 0.25) is 0 Å². The van der Waals surface area contributed by atoms with Gasteiger partial charge in [-0.05, 0) is 56.3 Å². The molecular formula is C21H27F13. The van der Waals surface area contributed by atoms with Crippen LogP contribution in [0.3, 0.4) is 0 Å². The van der Waals surface area contributed by atoms with Gasteiger partial charge in [-0.3, -0.25) is 0 Å². The third-order valence-corrected chi connectivity index (χ3v) is 7.50. The van der Waals surface area contributed by atoms with Gasteiger partial charge in [0.15, 0.2) is 0 Å². The Morgan fingerprint density at radius 3 is 1.26 bits per heavy atom. The van der Waals surface area contributed by atoms with E-state index in [1.165, 1.54) is 0 Å². The summed E-state index contributed by atoms with van der Waals surface area (Å²) in [5, 5.41) is 0. The van der Waals surface area contributed by atoms with Gasteiger partial charge in [0.05, 0.1) is 0 Å². The van der Waals surface area contributed by atoms with Crippen molar-refractivity contribution in [3.8, 4) is 0 Å². The minimum Gasteiger partial charge on any atom is -0.199 e. The highest BCUT2D eigenvalue weighted by Gasteiger charge is 2.91. The Bertz CT molecular complexity index is 667. The molecule has 2 aliphatic rings. The summed E-state index contributed by atoms with van der Waals surface area (Å²) in [5.41, 5.74) is 0. The van der Waals surface area contributed by atoms with E-state index in [0.717, 1.165) is 38.5 Å². The lowest BCUT2D eigenvalue weighted by atomic mass is 9.67. The molecule has 0 heterocycles. The second kappa shape index (κ2) is 9.52. The zero-order chi connectivity index (χ0) is 26.4. The van der Waals surface area contributed by atoms with E-state index in [0.29, 0.717) is 5.92 Å². The van der Waals surface area contributed by atoms with Crippen molar-refractivity contribution >= 4 is 0 Å². The third kappa shape index (κ3) is 4.74. The number of alkyl halides is 13. The maximum atomic E-state index is 14.4. The zero-order valence-corrected chi connectivity index (χ0v) is 18.3. The molecule has 0 aromatic carbocycles. The van der Waals surface area contributed by atoms with Crippen molar-refractivity contribution < 1.29 is 57.1 Å². The minimum atomic E-state index is -7.82. The van der Waals surface area contributed by atoms with Crippen LogP contribution in [0, 0.1) is 23.7 Å². The molecule has 0 saturated heterocycles. The van der Waals surface area contributed by atoms with Gasteiger partial charge in [0.1, 0.15) is 0 Å². The molecule has 2 rings (SSSR count). The molecule has 0 amide bonds. The van der Waals surface area contributed by atoms with E-state index in [1.807, 2.05) is 6.92 Å². The van der Waals surface area contributed by atoms with E-state index in [4.69, 9.17) is 0 Å². The SMILES string of the molecule is CCCC1CCC(C2CCC(C(F)(F)C(F)(F)C(F)(F)C(F)(F)C(F)(F)C(F)(F)F)CC2)CC1. The van der Waals surface area contributed by atoms with Crippen LogP contribution < -0.4 is 0 Å². The van der Waals surface area contributed by atoms with Gasteiger partial charge in [-0.2, -0.15) is 57.1 Å². The first kappa shape index (κ1) is 29.3. The van der Waals surface area contributed by atoms with Crippen LogP contribution in [0.15, 0.2) is 0 Å². The highest BCUT2D eigenvalue weighted by molar-refractivity contribution is 5.11. The van der Waals surface area contributed by atoms with Gasteiger partial charge >= 0.3 is 35.8 Å². The largest absolute Gasteiger partial charge is 0.460 e. The van der Waals surface area contributed by atoms with Crippen LogP contribution in [0.1, 0.15) is 71.1 Å². The van der Waals surface area contributed by atoms with E-state index in [2.05, 4.69) is 0 Å². The van der Waals surface area contributed by atoms with Crippen molar-refractivity contribution in [3.05, 3.63) is 0 Å². The molecule has 0 aromatic rings. The van der Waals surface area contributed by atoms with Crippen LogP contribution in [0.5, 0.6) is 0 Å². The maximum absolute atomic E-state index is 14.4. The Kier molecular flexibility index (Phi) is 8.21. The summed E-state index contributed by atoms with van der Waals surface area (Å²) in [4.78, 5) is 0. The summed E-state index contributed by atoms with van der Waals surface area (Å²) in [6.07, 6.45) is -3.66. The molecule has 13 heteroatoms. The molecule has 0 N–H and O–H groups in total. The van der Waals surface area contributed by atoms with Crippen LogP contribution in [-0.4, -0.2) is 35.8 Å². The van der Waals surface area contributed by atoms with Gasteiger partial charge in [-0.25, -0.2) is 0 Å². The van der Waals surface area contributed by atoms with Crippen molar-refractivity contribution in [3.63, 3.8) is 0 Å². The Morgan fingerprint density at radius 1 is 0.500 bits per heavy atom. The standard InChI is InChI=1S/C21H27F13/c1-2-3-12-4-6-13(7-5-12)14-8-10-15(11-9-14)16(22,23)17(24,25)18(26,27)19(28,29)20(30,31)21(32,33)34/h12-15H,2-11H2,1H3. The van der Waals surface area contributed by atoms with Gasteiger partial charge in [0.25, 0.3) is 0 Å². The predicted molar refractivity (Wildman–Crippen MR) is 96.6 cm³/mol. The minimum absolute atomic E-state index is 0.0832. The fourth-order valence-corrected chi connectivity index (χ4v) is 5.35. The van der Waals surface area contributed by atoms with E-state index in [1.54, 1.807) is 0 Å². The molecule has 0 aromatic heterocycles. The summed E-state index contributed by atoms with van der Waals surface area (Å²) in [6.45, 7) is 2.03. The molecule has 2 aliphatic carbocycles. The average molecular weight is 526 g/mol. The first-order valence-electron chi connectivity index (χ1n) is 11.2. The molecule has 0 atom stereocenters. The first-order valence-corrected chi connectivity index (χ1v) is 11.2. The van der Waals surface area contributed by atoms with Gasteiger partial charge in [-0.1, -0.05) is 32.6 Å². The topological polar surface area (TPSA) is 0 Å². The Labute approximate surface area is 188 Å². The predicted octanol–water partition coefficient (Wildman–Crippen LogP) is 9.14. The van der Waals surface area contributed by atoms with Crippen molar-refractivity contribution in [1.82, 2.24) is 0 Å². The Morgan fingerprint density at radius 2 is 0.882 bits per heavy atom. The highest BCUT2D eigenvalue weighted by Crippen LogP contribution is 2.62. The van der Waals surface area contributed by atoms with Gasteiger partial charge in [0.2, 0.25) is 0 Å². The fourth-order valence-electron chi connectivity index (χ4n) is 5.35. The van der Waals surface area contributed by atoms with E-state index in [-0.39, 0.29) is 24.7 Å². The summed E-state index contributed by atoms with van der Waals surface area (Å²) in [7, 11) is 0. The molecule has 2 saturated carbocycles. The summed E-state index contributed by atoms with van der Waals surface area (Å²) >= 11 is 0. The lowest BCUT2D eigenvalue weighted by Crippen LogP contribution is -2.71. The quantitative estimate of drug-likeness (QED) is 0.277. The molecule has 0 unspecified atom stereocenters. The molecule has 2 fully saturated rings. The third-order valence-electron chi connectivity index (χ3n) is 7.50. The molecule has 0 aliphatic heterocycles. The Hall–Kier alpha value is -0.910. The summed E-state index contributed by atoms with van der Waals surface area (Å²) in [5.74, 6) is -38.4. The van der Waals surface area contributed by atoms with E-state index >= 15 is 0 Å². The van der Waals surface area contributed by atoms with Crippen LogP contribution in [0.4, 0.5) is 57.1 Å². The number of hydrogen-bond donors (Lipinski definition) is 0. The first-order chi connectivity index (χ1) is 15.3. The normalized spacial score (nSPS) is 28.8. The lowest BCUT2D eigenvalue weighted by molar-refractivity contribution is -0.443. The molecule has 0 radical (unpaired) electrons. The van der Waals surface area contributed by atoms with Crippen molar-refractivity contribution in [1.29, 1.82) is 0 Å². The van der Waals surface area contributed by atoms with Gasteiger partial charge in [0, 0.05) is 5.92 Å². The lowest BCUT2D eigenvalue weighted by Gasteiger charge is -2.44. The second-order valence-corrected chi connectivity index (χ2v) is 9.60. The number of hydrogen-bond acceptors (Lipinski definition) is 0. The van der Waals surface area contributed by atoms with Crippen molar-refractivity contribution in [2.45, 2.75) is 107 Å². The van der Waals surface area contributed by atoms with E-state index in [9.17, 15) is 57.1 Å². The van der Waals surface area contributed by atoms with E-state index < -0.39 is 54.5 Å². The van der Waals surface area contributed by atoms with Gasteiger partial charge in [-0.15, -0.1) is 0 Å². The smallest absolute Gasteiger partial charge is 0.199 e. The number of rotatable bonds is 8. The van der Waals surface area contributed by atoms with Crippen LogP contribution >= 0.6 is 0 Å². The molecule has 0 spiro atoms. The van der Waals surface area contributed by atoms with Crippen LogP contribution in [-0.2, 0) is 0 Å². The molecule has 0 nitrogen and oxygen atoms in total. The summed E-state index contributed by atoms with van der Waals surface area (Å²) in [6, 6.07) is 0. The number of halogens is 13. The van der Waals surface area contributed by atoms with Gasteiger partial charge < -0.3 is 0 Å². The molecular weight excluding hydrogens is 499 g/mol. The summed E-state index contributed by atoms with van der Waals surface area (Å²) < 4.78 is 174.